The van der Waals surface area contributed by atoms with Gasteiger partial charge < -0.3 is 19.4 Å². The van der Waals surface area contributed by atoms with E-state index in [-0.39, 0.29) is 40.2 Å². The normalized spacial score (nSPS) is 11.7. The number of Topliss-reactive ketones (excluding diaryl/α,β-unsaturated/α-hetero) is 1. The van der Waals surface area contributed by atoms with Gasteiger partial charge in [0.25, 0.3) is 0 Å². The summed E-state index contributed by atoms with van der Waals surface area (Å²) in [7, 11) is 0. The second-order valence-electron chi connectivity index (χ2n) is 6.99. The summed E-state index contributed by atoms with van der Waals surface area (Å²) in [5.41, 5.74) is 1.60. The lowest BCUT2D eigenvalue weighted by Crippen LogP contribution is -2.03. The number of phenols is 2. The van der Waals surface area contributed by atoms with Crippen molar-refractivity contribution in [1.29, 1.82) is 0 Å². The van der Waals surface area contributed by atoms with Crippen LogP contribution >= 0.6 is 0 Å². The zero-order valence-electron chi connectivity index (χ0n) is 16.3. The maximum absolute atomic E-state index is 12.8. The van der Waals surface area contributed by atoms with Crippen LogP contribution in [0.2, 0.25) is 0 Å². The van der Waals surface area contributed by atoms with Crippen LogP contribution in [0.15, 0.2) is 63.3 Å². The molecule has 0 aliphatic carbocycles. The molecule has 0 saturated heterocycles. The lowest BCUT2D eigenvalue weighted by molar-refractivity contribution is -0.115. The number of ether oxygens (including phenoxy) is 1. The van der Waals surface area contributed by atoms with E-state index in [2.05, 4.69) is 6.58 Å². The Hall–Kier alpha value is -3.54. The van der Waals surface area contributed by atoms with Crippen molar-refractivity contribution < 1.29 is 24.2 Å². The van der Waals surface area contributed by atoms with E-state index in [1.54, 1.807) is 25.1 Å². The van der Waals surface area contributed by atoms with E-state index in [1.165, 1.54) is 6.07 Å². The molecule has 0 atom stereocenters. The van der Waals surface area contributed by atoms with Gasteiger partial charge in [-0.1, -0.05) is 12.2 Å². The van der Waals surface area contributed by atoms with E-state index >= 15 is 0 Å². The first-order chi connectivity index (χ1) is 13.8. The highest BCUT2D eigenvalue weighted by Gasteiger charge is 2.13. The van der Waals surface area contributed by atoms with Crippen molar-refractivity contribution in [2.45, 2.75) is 26.7 Å². The number of carbonyl (C=O) groups is 1. The molecule has 2 aromatic carbocycles. The van der Waals surface area contributed by atoms with E-state index in [9.17, 15) is 19.8 Å². The number of aromatic hydroxyl groups is 2. The molecule has 6 heteroatoms. The topological polar surface area (TPSA) is 97.0 Å². The van der Waals surface area contributed by atoms with Gasteiger partial charge in [0.1, 0.15) is 40.4 Å². The SMILES string of the molecule is C=C(C)C(=O)CCC(C)=CCOc1ccc2oc3cc(O)cc(O)c3c(=O)c2c1. The van der Waals surface area contributed by atoms with Gasteiger partial charge in [0.2, 0.25) is 5.43 Å². The highest BCUT2D eigenvalue weighted by atomic mass is 16.5. The Kier molecular flexibility index (Phi) is 5.73. The molecule has 3 rings (SSSR count). The smallest absolute Gasteiger partial charge is 0.204 e. The minimum atomic E-state index is -0.408. The van der Waals surface area contributed by atoms with Gasteiger partial charge in [0, 0.05) is 18.6 Å². The van der Waals surface area contributed by atoms with Crippen LogP contribution in [-0.2, 0) is 4.79 Å². The van der Waals surface area contributed by atoms with Gasteiger partial charge in [-0.15, -0.1) is 0 Å². The van der Waals surface area contributed by atoms with Crippen LogP contribution in [0.3, 0.4) is 0 Å². The van der Waals surface area contributed by atoms with E-state index in [0.29, 0.717) is 29.7 Å². The molecule has 29 heavy (non-hydrogen) atoms. The van der Waals surface area contributed by atoms with E-state index < -0.39 is 5.43 Å². The predicted molar refractivity (Wildman–Crippen MR) is 112 cm³/mol. The fourth-order valence-corrected chi connectivity index (χ4v) is 2.92. The van der Waals surface area contributed by atoms with Crippen molar-refractivity contribution in [2.75, 3.05) is 6.61 Å². The Balaban J connectivity index is 1.79. The molecular formula is C23H22O6. The van der Waals surface area contributed by atoms with E-state index in [4.69, 9.17) is 9.15 Å². The Morgan fingerprint density at radius 1 is 1.14 bits per heavy atom. The molecule has 150 valence electrons. The van der Waals surface area contributed by atoms with Gasteiger partial charge in [0.05, 0.1) is 5.39 Å². The summed E-state index contributed by atoms with van der Waals surface area (Å²) >= 11 is 0. The van der Waals surface area contributed by atoms with Crippen LogP contribution in [0.25, 0.3) is 21.9 Å². The van der Waals surface area contributed by atoms with Gasteiger partial charge in [-0.25, -0.2) is 0 Å². The number of benzene rings is 2. The average Bonchev–Trinajstić information content (AvgIpc) is 2.65. The Bertz CT molecular complexity index is 1200. The molecule has 0 amide bonds. The molecule has 0 spiro atoms. The van der Waals surface area contributed by atoms with Crippen molar-refractivity contribution in [3.05, 3.63) is 64.4 Å². The molecule has 0 radical (unpaired) electrons. The van der Waals surface area contributed by atoms with Crippen molar-refractivity contribution >= 4 is 27.7 Å². The quantitative estimate of drug-likeness (QED) is 0.345. The average molecular weight is 394 g/mol. The summed E-state index contributed by atoms with van der Waals surface area (Å²) in [5, 5.41) is 19.9. The first-order valence-electron chi connectivity index (χ1n) is 9.16. The van der Waals surface area contributed by atoms with Crippen molar-refractivity contribution in [1.82, 2.24) is 0 Å². The zero-order valence-corrected chi connectivity index (χ0v) is 16.3. The Labute approximate surface area is 167 Å². The fourth-order valence-electron chi connectivity index (χ4n) is 2.92. The third kappa shape index (κ3) is 4.48. The van der Waals surface area contributed by atoms with Crippen LogP contribution < -0.4 is 10.2 Å². The molecule has 0 aliphatic heterocycles. The second-order valence-corrected chi connectivity index (χ2v) is 6.99. The minimum Gasteiger partial charge on any atom is -0.508 e. The third-order valence-corrected chi connectivity index (χ3v) is 4.61. The number of fused-ring (bicyclic) bond motifs is 2. The van der Waals surface area contributed by atoms with Crippen molar-refractivity contribution in [3.8, 4) is 17.2 Å². The number of hydrogen-bond acceptors (Lipinski definition) is 6. The maximum Gasteiger partial charge on any atom is 0.204 e. The van der Waals surface area contributed by atoms with Crippen molar-refractivity contribution in [2.24, 2.45) is 0 Å². The lowest BCUT2D eigenvalue weighted by Gasteiger charge is -2.07. The molecule has 0 saturated carbocycles. The van der Waals surface area contributed by atoms with Crippen LogP contribution in [0.1, 0.15) is 26.7 Å². The third-order valence-electron chi connectivity index (χ3n) is 4.61. The van der Waals surface area contributed by atoms with Gasteiger partial charge >= 0.3 is 0 Å². The molecule has 0 unspecified atom stereocenters. The highest BCUT2D eigenvalue weighted by Crippen LogP contribution is 2.30. The van der Waals surface area contributed by atoms with Crippen LogP contribution in [0.5, 0.6) is 17.2 Å². The largest absolute Gasteiger partial charge is 0.508 e. The number of allylic oxidation sites excluding steroid dienone is 2. The lowest BCUT2D eigenvalue weighted by atomic mass is 10.1. The number of ketones is 1. The summed E-state index contributed by atoms with van der Waals surface area (Å²) in [5.74, 6) is -0.0115. The summed E-state index contributed by atoms with van der Waals surface area (Å²) < 4.78 is 11.3. The maximum atomic E-state index is 12.8. The van der Waals surface area contributed by atoms with Gasteiger partial charge in [-0.05, 0) is 50.1 Å². The number of phenolic OH excluding ortho intramolecular Hbond substituents is 2. The van der Waals surface area contributed by atoms with Crippen LogP contribution in [0.4, 0.5) is 0 Å². The van der Waals surface area contributed by atoms with Gasteiger partial charge in [0.15, 0.2) is 5.78 Å². The summed E-state index contributed by atoms with van der Waals surface area (Å²) in [6, 6.07) is 7.22. The minimum absolute atomic E-state index is 0.00497. The Morgan fingerprint density at radius 3 is 2.62 bits per heavy atom. The molecule has 6 nitrogen and oxygen atoms in total. The van der Waals surface area contributed by atoms with Gasteiger partial charge in [-0.2, -0.15) is 0 Å². The molecule has 0 bridgehead atoms. The summed E-state index contributed by atoms with van der Waals surface area (Å²) in [6.07, 6.45) is 2.93. The second kappa shape index (κ2) is 8.22. The van der Waals surface area contributed by atoms with Crippen molar-refractivity contribution in [3.63, 3.8) is 0 Å². The van der Waals surface area contributed by atoms with E-state index in [1.807, 2.05) is 13.0 Å². The number of hydrogen-bond donors (Lipinski definition) is 2. The molecule has 0 aliphatic rings. The number of carbonyl (C=O) groups excluding carboxylic acids is 1. The first kappa shape index (κ1) is 20.2. The van der Waals surface area contributed by atoms with Crippen LogP contribution in [-0.4, -0.2) is 22.6 Å². The highest BCUT2D eigenvalue weighted by molar-refractivity contribution is 5.94. The number of rotatable bonds is 7. The molecular weight excluding hydrogens is 372 g/mol. The van der Waals surface area contributed by atoms with Gasteiger partial charge in [-0.3, -0.25) is 9.59 Å². The fraction of sp³-hybridized carbons (Fsp3) is 0.217. The molecule has 2 N–H and O–H groups in total. The first-order valence-corrected chi connectivity index (χ1v) is 9.16. The Morgan fingerprint density at radius 2 is 1.90 bits per heavy atom. The summed E-state index contributed by atoms with van der Waals surface area (Å²) in [4.78, 5) is 24.4. The monoisotopic (exact) mass is 394 g/mol. The van der Waals surface area contributed by atoms with E-state index in [0.717, 1.165) is 11.6 Å². The zero-order chi connectivity index (χ0) is 21.1. The molecule has 1 heterocycles. The molecule has 3 aromatic rings. The molecule has 0 fully saturated rings. The van der Waals surface area contributed by atoms with Crippen LogP contribution in [0, 0.1) is 0 Å². The molecule has 1 aromatic heterocycles. The standard InChI is InChI=1S/C23H22O6/c1-13(2)18(25)6-4-14(3)8-9-28-16-5-7-20-17(12-16)23(27)22-19(26)10-15(24)11-21(22)29-20/h5,7-8,10-12,24,26H,1,4,6,9H2,2-3H3. The predicted octanol–water partition coefficient (Wildman–Crippen LogP) is 4.61. The summed E-state index contributed by atoms with van der Waals surface area (Å²) in [6.45, 7) is 7.55.